The van der Waals surface area contributed by atoms with E-state index in [-0.39, 0.29) is 0 Å². The maximum absolute atomic E-state index is 5.73. The Kier molecular flexibility index (Phi) is 5.95. The summed E-state index contributed by atoms with van der Waals surface area (Å²) >= 11 is 0. The molecule has 0 spiro atoms. The molecule has 3 nitrogen and oxygen atoms in total. The molecule has 0 aliphatic heterocycles. The van der Waals surface area contributed by atoms with Crippen LogP contribution in [0.1, 0.15) is 22.3 Å². The molecule has 136 valence electrons. The fourth-order valence-electron chi connectivity index (χ4n) is 2.72. The Morgan fingerprint density at radius 2 is 1.30 bits per heavy atom. The third-order valence-electron chi connectivity index (χ3n) is 4.32. The molecule has 3 N–H and O–H groups in total. The number of rotatable bonds is 6. The van der Waals surface area contributed by atoms with Crippen molar-refractivity contribution >= 4 is 35.7 Å². The van der Waals surface area contributed by atoms with Gasteiger partial charge in [-0.05, 0) is 47.0 Å². The molecular formula is C24H24N2O. The van der Waals surface area contributed by atoms with Crippen LogP contribution in [0.15, 0.2) is 66.7 Å². The fraction of sp³-hybridized carbons (Fsp3) is 0.0833. The van der Waals surface area contributed by atoms with E-state index in [0.29, 0.717) is 0 Å². The molecule has 27 heavy (non-hydrogen) atoms. The highest BCUT2D eigenvalue weighted by atomic mass is 16.5. The third-order valence-corrected chi connectivity index (χ3v) is 4.32. The number of anilines is 2. The minimum atomic E-state index is 0.765. The molecule has 0 atom stereocenters. The summed E-state index contributed by atoms with van der Waals surface area (Å²) in [5, 5.41) is 3.12. The molecular weight excluding hydrogens is 332 g/mol. The SMILES string of the molecule is CNc1ccc(/C=C/c2ccc(/C=C/c3ccc(N)cc3)c(OC)c2)cc1. The summed E-state index contributed by atoms with van der Waals surface area (Å²) in [5.74, 6) is 0.842. The van der Waals surface area contributed by atoms with Gasteiger partial charge in [-0.1, -0.05) is 60.7 Å². The van der Waals surface area contributed by atoms with Gasteiger partial charge in [0.1, 0.15) is 5.75 Å². The first-order valence-electron chi connectivity index (χ1n) is 8.85. The first kappa shape index (κ1) is 18.3. The van der Waals surface area contributed by atoms with Gasteiger partial charge in [-0.2, -0.15) is 0 Å². The predicted molar refractivity (Wildman–Crippen MR) is 118 cm³/mol. The molecule has 0 aliphatic carbocycles. The minimum Gasteiger partial charge on any atom is -0.496 e. The van der Waals surface area contributed by atoms with Crippen LogP contribution >= 0.6 is 0 Å². The Labute approximate surface area is 160 Å². The monoisotopic (exact) mass is 356 g/mol. The topological polar surface area (TPSA) is 47.3 Å². The molecule has 0 saturated carbocycles. The van der Waals surface area contributed by atoms with Crippen LogP contribution < -0.4 is 15.8 Å². The van der Waals surface area contributed by atoms with E-state index >= 15 is 0 Å². The van der Waals surface area contributed by atoms with Crippen LogP contribution in [0.5, 0.6) is 5.75 Å². The zero-order valence-electron chi connectivity index (χ0n) is 15.6. The lowest BCUT2D eigenvalue weighted by molar-refractivity contribution is 0.414. The molecule has 0 aliphatic rings. The fourth-order valence-corrected chi connectivity index (χ4v) is 2.72. The van der Waals surface area contributed by atoms with Gasteiger partial charge in [-0.25, -0.2) is 0 Å². The number of nitrogens with two attached hydrogens (primary N) is 1. The zero-order chi connectivity index (χ0) is 19.1. The Balaban J connectivity index is 1.76. The highest BCUT2D eigenvalue weighted by Gasteiger charge is 2.01. The van der Waals surface area contributed by atoms with Gasteiger partial charge in [-0.3, -0.25) is 0 Å². The molecule has 0 saturated heterocycles. The Bertz CT molecular complexity index is 939. The van der Waals surface area contributed by atoms with Crippen LogP contribution in [-0.4, -0.2) is 14.2 Å². The van der Waals surface area contributed by atoms with Crippen molar-refractivity contribution in [3.8, 4) is 5.75 Å². The van der Waals surface area contributed by atoms with E-state index in [1.165, 1.54) is 0 Å². The summed E-state index contributed by atoms with van der Waals surface area (Å²) in [7, 11) is 3.61. The number of methoxy groups -OCH3 is 1. The lowest BCUT2D eigenvalue weighted by Gasteiger charge is -2.06. The van der Waals surface area contributed by atoms with Crippen molar-refractivity contribution in [2.24, 2.45) is 0 Å². The number of ether oxygens (including phenoxy) is 1. The van der Waals surface area contributed by atoms with E-state index in [4.69, 9.17) is 10.5 Å². The normalized spacial score (nSPS) is 11.2. The Morgan fingerprint density at radius 1 is 0.741 bits per heavy atom. The Hall–Kier alpha value is -3.46. The molecule has 3 heteroatoms. The molecule has 3 rings (SSSR count). The third kappa shape index (κ3) is 5.02. The van der Waals surface area contributed by atoms with Crippen LogP contribution in [-0.2, 0) is 0 Å². The average Bonchev–Trinajstić information content (AvgIpc) is 2.72. The highest BCUT2D eigenvalue weighted by Crippen LogP contribution is 2.24. The van der Waals surface area contributed by atoms with Crippen LogP contribution in [0.25, 0.3) is 24.3 Å². The van der Waals surface area contributed by atoms with Crippen molar-refractivity contribution in [3.05, 3.63) is 89.0 Å². The second-order valence-electron chi connectivity index (χ2n) is 6.21. The molecule has 0 aromatic heterocycles. The van der Waals surface area contributed by atoms with Gasteiger partial charge in [0.15, 0.2) is 0 Å². The van der Waals surface area contributed by atoms with Gasteiger partial charge in [0.05, 0.1) is 7.11 Å². The summed E-state index contributed by atoms with van der Waals surface area (Å²) < 4.78 is 5.56. The number of hydrogen-bond donors (Lipinski definition) is 2. The summed E-state index contributed by atoms with van der Waals surface area (Å²) in [5.41, 5.74) is 12.0. The summed E-state index contributed by atoms with van der Waals surface area (Å²) in [4.78, 5) is 0. The summed E-state index contributed by atoms with van der Waals surface area (Å²) in [6, 6.07) is 22.3. The smallest absolute Gasteiger partial charge is 0.126 e. The zero-order valence-corrected chi connectivity index (χ0v) is 15.6. The van der Waals surface area contributed by atoms with Crippen molar-refractivity contribution in [1.82, 2.24) is 0 Å². The molecule has 3 aromatic rings. The standard InChI is InChI=1S/C24H24N2O/c1-26-23-15-9-18(10-16-23)3-4-20-6-12-21(24(17-20)27-2)11-5-19-7-13-22(25)14-8-19/h3-17,26H,25H2,1-2H3/b4-3+,11-5+. The van der Waals surface area contributed by atoms with Gasteiger partial charge < -0.3 is 15.8 Å². The van der Waals surface area contributed by atoms with Gasteiger partial charge in [0.25, 0.3) is 0 Å². The lowest BCUT2D eigenvalue weighted by Crippen LogP contribution is -1.88. The van der Waals surface area contributed by atoms with E-state index in [0.717, 1.165) is 39.4 Å². The van der Waals surface area contributed by atoms with Crippen molar-refractivity contribution in [2.45, 2.75) is 0 Å². The molecule has 0 fully saturated rings. The maximum atomic E-state index is 5.73. The molecule has 3 aromatic carbocycles. The van der Waals surface area contributed by atoms with E-state index in [1.54, 1.807) is 7.11 Å². The molecule has 0 bridgehead atoms. The molecule has 0 radical (unpaired) electrons. The summed E-state index contributed by atoms with van der Waals surface area (Å²) in [6.45, 7) is 0. The molecule has 0 heterocycles. The number of nitrogen functional groups attached to an aromatic ring is 1. The van der Waals surface area contributed by atoms with Gasteiger partial charge >= 0.3 is 0 Å². The van der Waals surface area contributed by atoms with E-state index < -0.39 is 0 Å². The minimum absolute atomic E-state index is 0.765. The highest BCUT2D eigenvalue weighted by molar-refractivity contribution is 5.76. The second kappa shape index (κ2) is 8.77. The van der Waals surface area contributed by atoms with Gasteiger partial charge in [0.2, 0.25) is 0 Å². The van der Waals surface area contributed by atoms with Gasteiger partial charge in [0, 0.05) is 24.0 Å². The molecule has 0 unspecified atom stereocenters. The number of hydrogen-bond acceptors (Lipinski definition) is 3. The van der Waals surface area contributed by atoms with E-state index in [9.17, 15) is 0 Å². The second-order valence-corrected chi connectivity index (χ2v) is 6.21. The van der Waals surface area contributed by atoms with E-state index in [1.807, 2.05) is 43.5 Å². The van der Waals surface area contributed by atoms with Crippen LogP contribution in [0.2, 0.25) is 0 Å². The number of nitrogens with one attached hydrogen (secondary N) is 1. The maximum Gasteiger partial charge on any atom is 0.126 e. The average molecular weight is 356 g/mol. The molecule has 0 amide bonds. The van der Waals surface area contributed by atoms with E-state index in [2.05, 4.69) is 59.9 Å². The first-order valence-corrected chi connectivity index (χ1v) is 8.85. The lowest BCUT2D eigenvalue weighted by atomic mass is 10.1. The van der Waals surface area contributed by atoms with Crippen molar-refractivity contribution < 1.29 is 4.74 Å². The van der Waals surface area contributed by atoms with Crippen LogP contribution in [0.3, 0.4) is 0 Å². The van der Waals surface area contributed by atoms with Crippen LogP contribution in [0, 0.1) is 0 Å². The first-order chi connectivity index (χ1) is 13.2. The van der Waals surface area contributed by atoms with Gasteiger partial charge in [-0.15, -0.1) is 0 Å². The predicted octanol–water partition coefficient (Wildman–Crippen LogP) is 5.66. The Morgan fingerprint density at radius 3 is 1.93 bits per heavy atom. The van der Waals surface area contributed by atoms with Crippen LogP contribution in [0.4, 0.5) is 11.4 Å². The van der Waals surface area contributed by atoms with Crippen molar-refractivity contribution in [2.75, 3.05) is 25.2 Å². The van der Waals surface area contributed by atoms with Crippen molar-refractivity contribution in [1.29, 1.82) is 0 Å². The quantitative estimate of drug-likeness (QED) is 0.442. The largest absolute Gasteiger partial charge is 0.496 e. The number of benzene rings is 3. The van der Waals surface area contributed by atoms with Crippen molar-refractivity contribution in [3.63, 3.8) is 0 Å². The summed E-state index contributed by atoms with van der Waals surface area (Å²) in [6.07, 6.45) is 8.28.